The highest BCUT2D eigenvalue weighted by Crippen LogP contribution is 2.30. The van der Waals surface area contributed by atoms with Gasteiger partial charge < -0.3 is 10.4 Å². The summed E-state index contributed by atoms with van der Waals surface area (Å²) in [6.45, 7) is 1.98. The van der Waals surface area contributed by atoms with Crippen molar-refractivity contribution in [3.63, 3.8) is 0 Å². The van der Waals surface area contributed by atoms with Crippen molar-refractivity contribution in [2.75, 3.05) is 12.4 Å². The number of rotatable bonds is 8. The van der Waals surface area contributed by atoms with Crippen LogP contribution in [0.5, 0.6) is 0 Å². The highest BCUT2D eigenvalue weighted by Gasteiger charge is 2.21. The van der Waals surface area contributed by atoms with Crippen molar-refractivity contribution in [3.8, 4) is 0 Å². The van der Waals surface area contributed by atoms with Crippen LogP contribution in [-0.4, -0.2) is 31.8 Å². The van der Waals surface area contributed by atoms with Crippen LogP contribution < -0.4 is 5.32 Å². The summed E-state index contributed by atoms with van der Waals surface area (Å²) in [6, 6.07) is 6.45. The standard InChI is InChI=1S/C18H27NO4S/c1-14(12-15-4-2-3-5-15)18(21)19-13-16-6-8-17(9-7-16)24(22,23)11-10-20/h6-9,14-15,20H,2-5,10-13H2,1H3,(H,19,21)/t14-/m0/s1. The van der Waals surface area contributed by atoms with Gasteiger partial charge in [0.05, 0.1) is 17.3 Å². The summed E-state index contributed by atoms with van der Waals surface area (Å²) >= 11 is 0. The van der Waals surface area contributed by atoms with Gasteiger partial charge in [0.15, 0.2) is 9.84 Å². The Hall–Kier alpha value is -1.40. The number of hydrogen-bond donors (Lipinski definition) is 2. The van der Waals surface area contributed by atoms with Crippen LogP contribution >= 0.6 is 0 Å². The Morgan fingerprint density at radius 3 is 2.46 bits per heavy atom. The molecule has 24 heavy (non-hydrogen) atoms. The molecule has 1 aromatic rings. The first-order valence-corrected chi connectivity index (χ1v) is 10.3. The molecule has 2 N–H and O–H groups in total. The van der Waals surface area contributed by atoms with E-state index in [4.69, 9.17) is 5.11 Å². The van der Waals surface area contributed by atoms with Crippen LogP contribution in [0.25, 0.3) is 0 Å². The molecule has 0 unspecified atom stereocenters. The fraction of sp³-hybridized carbons (Fsp3) is 0.611. The van der Waals surface area contributed by atoms with Crippen molar-refractivity contribution in [2.24, 2.45) is 11.8 Å². The number of carbonyl (C=O) groups excluding carboxylic acids is 1. The maximum atomic E-state index is 12.2. The zero-order chi connectivity index (χ0) is 17.6. The number of sulfone groups is 1. The van der Waals surface area contributed by atoms with Gasteiger partial charge in [-0.15, -0.1) is 0 Å². The van der Waals surface area contributed by atoms with E-state index in [0.29, 0.717) is 12.5 Å². The molecular formula is C18H27NO4S. The Balaban J connectivity index is 1.84. The van der Waals surface area contributed by atoms with Crippen LogP contribution in [0.2, 0.25) is 0 Å². The molecule has 0 aromatic heterocycles. The number of carbonyl (C=O) groups is 1. The molecule has 5 nitrogen and oxygen atoms in total. The zero-order valence-electron chi connectivity index (χ0n) is 14.2. The van der Waals surface area contributed by atoms with E-state index in [1.807, 2.05) is 6.92 Å². The second kappa shape index (κ2) is 8.62. The number of aliphatic hydroxyl groups is 1. The second-order valence-electron chi connectivity index (χ2n) is 6.69. The summed E-state index contributed by atoms with van der Waals surface area (Å²) in [5, 5.41) is 11.7. The van der Waals surface area contributed by atoms with E-state index in [1.54, 1.807) is 12.1 Å². The smallest absolute Gasteiger partial charge is 0.223 e. The Kier molecular flexibility index (Phi) is 6.80. The molecule has 134 valence electrons. The summed E-state index contributed by atoms with van der Waals surface area (Å²) in [6.07, 6.45) is 5.99. The maximum absolute atomic E-state index is 12.2. The van der Waals surface area contributed by atoms with Crippen LogP contribution in [-0.2, 0) is 21.2 Å². The quantitative estimate of drug-likeness (QED) is 0.751. The van der Waals surface area contributed by atoms with Crippen LogP contribution in [0.4, 0.5) is 0 Å². The minimum Gasteiger partial charge on any atom is -0.395 e. The second-order valence-corrected chi connectivity index (χ2v) is 8.80. The third-order valence-electron chi connectivity index (χ3n) is 4.72. The van der Waals surface area contributed by atoms with Gasteiger partial charge in [-0.2, -0.15) is 0 Å². The van der Waals surface area contributed by atoms with Crippen molar-refractivity contribution < 1.29 is 18.3 Å². The summed E-state index contributed by atoms with van der Waals surface area (Å²) in [7, 11) is -3.42. The van der Waals surface area contributed by atoms with Gasteiger partial charge in [0.2, 0.25) is 5.91 Å². The minimum atomic E-state index is -3.42. The highest BCUT2D eigenvalue weighted by atomic mass is 32.2. The van der Waals surface area contributed by atoms with Crippen molar-refractivity contribution in [1.29, 1.82) is 0 Å². The molecule has 1 amide bonds. The predicted molar refractivity (Wildman–Crippen MR) is 93.2 cm³/mol. The van der Waals surface area contributed by atoms with Crippen LogP contribution in [0.3, 0.4) is 0 Å². The molecule has 0 aliphatic heterocycles. The summed E-state index contributed by atoms with van der Waals surface area (Å²) in [5.41, 5.74) is 0.861. The number of nitrogens with one attached hydrogen (secondary N) is 1. The van der Waals surface area contributed by atoms with E-state index in [0.717, 1.165) is 12.0 Å². The summed E-state index contributed by atoms with van der Waals surface area (Å²) in [5.74, 6) is 0.472. The lowest BCUT2D eigenvalue weighted by Gasteiger charge is -2.16. The Morgan fingerprint density at radius 1 is 1.25 bits per heavy atom. The minimum absolute atomic E-state index is 0.0114. The Bertz CT molecular complexity index is 633. The lowest BCUT2D eigenvalue weighted by molar-refractivity contribution is -0.125. The normalized spacial score (nSPS) is 16.9. The van der Waals surface area contributed by atoms with E-state index >= 15 is 0 Å². The average Bonchev–Trinajstić information content (AvgIpc) is 3.06. The van der Waals surface area contributed by atoms with Gasteiger partial charge in [-0.05, 0) is 30.0 Å². The van der Waals surface area contributed by atoms with Gasteiger partial charge in [0, 0.05) is 12.5 Å². The van der Waals surface area contributed by atoms with E-state index in [1.165, 1.54) is 37.8 Å². The predicted octanol–water partition coefficient (Wildman–Crippen LogP) is 2.29. The number of benzene rings is 1. The molecule has 0 bridgehead atoms. The van der Waals surface area contributed by atoms with Gasteiger partial charge >= 0.3 is 0 Å². The Morgan fingerprint density at radius 2 is 1.88 bits per heavy atom. The van der Waals surface area contributed by atoms with Crippen molar-refractivity contribution in [1.82, 2.24) is 5.32 Å². The molecular weight excluding hydrogens is 326 g/mol. The third-order valence-corrected chi connectivity index (χ3v) is 6.43. The topological polar surface area (TPSA) is 83.5 Å². The molecule has 1 saturated carbocycles. The van der Waals surface area contributed by atoms with E-state index in [-0.39, 0.29) is 29.1 Å². The third kappa shape index (κ3) is 5.31. The summed E-state index contributed by atoms with van der Waals surface area (Å²) in [4.78, 5) is 12.4. The van der Waals surface area contributed by atoms with Crippen molar-refractivity contribution in [3.05, 3.63) is 29.8 Å². The molecule has 2 rings (SSSR count). The van der Waals surface area contributed by atoms with Gasteiger partial charge in [-0.3, -0.25) is 4.79 Å². The molecule has 1 aliphatic rings. The van der Waals surface area contributed by atoms with E-state index in [2.05, 4.69) is 5.32 Å². The largest absolute Gasteiger partial charge is 0.395 e. The van der Waals surface area contributed by atoms with E-state index in [9.17, 15) is 13.2 Å². The van der Waals surface area contributed by atoms with Gasteiger partial charge in [-0.1, -0.05) is 44.7 Å². The molecule has 1 atom stereocenters. The van der Waals surface area contributed by atoms with Crippen molar-refractivity contribution in [2.45, 2.75) is 50.5 Å². The molecule has 6 heteroatoms. The molecule has 0 saturated heterocycles. The fourth-order valence-electron chi connectivity index (χ4n) is 3.27. The highest BCUT2D eigenvalue weighted by molar-refractivity contribution is 7.91. The monoisotopic (exact) mass is 353 g/mol. The molecule has 1 fully saturated rings. The maximum Gasteiger partial charge on any atom is 0.223 e. The van der Waals surface area contributed by atoms with Crippen LogP contribution in [0.1, 0.15) is 44.6 Å². The first kappa shape index (κ1) is 18.9. The number of hydrogen-bond acceptors (Lipinski definition) is 4. The van der Waals surface area contributed by atoms with E-state index < -0.39 is 9.84 Å². The van der Waals surface area contributed by atoms with Gasteiger partial charge in [0.25, 0.3) is 0 Å². The number of amides is 1. The summed E-state index contributed by atoms with van der Waals surface area (Å²) < 4.78 is 23.7. The molecule has 1 aromatic carbocycles. The first-order chi connectivity index (χ1) is 11.4. The van der Waals surface area contributed by atoms with Crippen LogP contribution in [0, 0.1) is 11.8 Å². The zero-order valence-corrected chi connectivity index (χ0v) is 15.0. The Labute approximate surface area is 144 Å². The lowest BCUT2D eigenvalue weighted by atomic mass is 9.94. The first-order valence-electron chi connectivity index (χ1n) is 8.62. The van der Waals surface area contributed by atoms with Gasteiger partial charge in [-0.25, -0.2) is 8.42 Å². The molecule has 0 radical (unpaired) electrons. The number of aliphatic hydroxyl groups excluding tert-OH is 1. The van der Waals surface area contributed by atoms with Crippen molar-refractivity contribution >= 4 is 15.7 Å². The lowest BCUT2D eigenvalue weighted by Crippen LogP contribution is -2.29. The van der Waals surface area contributed by atoms with Crippen LogP contribution in [0.15, 0.2) is 29.2 Å². The fourth-order valence-corrected chi connectivity index (χ4v) is 4.30. The molecule has 0 spiro atoms. The van der Waals surface area contributed by atoms with Gasteiger partial charge in [0.1, 0.15) is 0 Å². The molecule has 0 heterocycles. The average molecular weight is 353 g/mol. The SMILES string of the molecule is C[C@@H](CC1CCCC1)C(=O)NCc1ccc(S(=O)(=O)CCO)cc1. The molecule has 1 aliphatic carbocycles.